The van der Waals surface area contributed by atoms with Crippen LogP contribution in [-0.2, 0) is 0 Å². The minimum atomic E-state index is -0.153. The maximum Gasteiger partial charge on any atom is 0.0546 e. The van der Waals surface area contributed by atoms with Crippen LogP contribution in [0.5, 0.6) is 0 Å². The lowest BCUT2D eigenvalue weighted by Gasteiger charge is -1.90. The largest absolute Gasteiger partial charge is 0.393 e. The van der Waals surface area contributed by atoms with Gasteiger partial charge in [-0.25, -0.2) is 0 Å². The minimum Gasteiger partial charge on any atom is -0.393 e. The van der Waals surface area contributed by atoms with Gasteiger partial charge in [-0.2, -0.15) is 9.90 Å². The van der Waals surface area contributed by atoms with Crippen LogP contribution in [0.15, 0.2) is 0 Å². The number of hydrogen-bond acceptors (Lipinski definition) is 1. The second-order valence-corrected chi connectivity index (χ2v) is 1.56. The molecular weight excluding hydrogens is 114 g/mol. The zero-order valence-corrected chi connectivity index (χ0v) is 6.59. The molecule has 1 N–H and O–H groups in total. The lowest BCUT2D eigenvalue weighted by atomic mass is 10.5. The molecule has 0 saturated carbocycles. The molecule has 6 heavy (non-hydrogen) atoms. The molecule has 0 bridgehead atoms. The van der Waals surface area contributed by atoms with E-state index in [4.69, 9.17) is 5.11 Å². The molecule has 0 aromatic rings. The van der Waals surface area contributed by atoms with E-state index in [9.17, 15) is 0 Å². The Morgan fingerprint density at radius 1 is 1.83 bits per heavy atom. The van der Waals surface area contributed by atoms with Crippen LogP contribution in [0, 0.1) is 0 Å². The molecule has 0 aliphatic rings. The SMILES string of the molecule is CC(O)CP.P. The van der Waals surface area contributed by atoms with E-state index in [2.05, 4.69) is 9.24 Å². The molecule has 40 valence electrons. The first kappa shape index (κ1) is 9.94. The van der Waals surface area contributed by atoms with Crippen molar-refractivity contribution in [1.82, 2.24) is 0 Å². The van der Waals surface area contributed by atoms with Gasteiger partial charge in [-0.1, -0.05) is 0 Å². The maximum absolute atomic E-state index is 8.34. The van der Waals surface area contributed by atoms with Gasteiger partial charge < -0.3 is 5.11 Å². The first-order valence-corrected chi connectivity index (χ1v) is 2.47. The highest BCUT2D eigenvalue weighted by Crippen LogP contribution is 1.84. The molecule has 0 heterocycles. The molecule has 0 aromatic heterocycles. The quantitative estimate of drug-likeness (QED) is 0.501. The van der Waals surface area contributed by atoms with Crippen molar-refractivity contribution in [2.24, 2.45) is 0 Å². The minimum absolute atomic E-state index is 0. The molecular formula is C3H12OP2. The fourth-order valence-corrected chi connectivity index (χ4v) is 0. The molecule has 3 atom stereocenters. The Morgan fingerprint density at radius 2 is 2.00 bits per heavy atom. The van der Waals surface area contributed by atoms with Crippen LogP contribution in [0.3, 0.4) is 0 Å². The van der Waals surface area contributed by atoms with Gasteiger partial charge in [0.15, 0.2) is 0 Å². The molecule has 1 nitrogen and oxygen atoms in total. The zero-order chi connectivity index (χ0) is 4.28. The van der Waals surface area contributed by atoms with E-state index in [0.717, 1.165) is 6.16 Å². The predicted molar refractivity (Wildman–Crippen MR) is 37.4 cm³/mol. The molecule has 0 spiro atoms. The fraction of sp³-hybridized carbons (Fsp3) is 1.00. The molecule has 0 fully saturated rings. The third-order valence-corrected chi connectivity index (χ3v) is 1.02. The van der Waals surface area contributed by atoms with Crippen molar-refractivity contribution in [3.63, 3.8) is 0 Å². The van der Waals surface area contributed by atoms with Crippen LogP contribution in [0.25, 0.3) is 0 Å². The Labute approximate surface area is 44.3 Å². The Balaban J connectivity index is 0. The van der Waals surface area contributed by atoms with Gasteiger partial charge in [0.1, 0.15) is 0 Å². The summed E-state index contributed by atoms with van der Waals surface area (Å²) in [5, 5.41) is 8.34. The summed E-state index contributed by atoms with van der Waals surface area (Å²) in [7, 11) is 2.44. The van der Waals surface area contributed by atoms with Crippen molar-refractivity contribution in [3.05, 3.63) is 0 Å². The highest BCUT2D eigenvalue weighted by atomic mass is 31.0. The summed E-state index contributed by atoms with van der Waals surface area (Å²) >= 11 is 0. The van der Waals surface area contributed by atoms with E-state index in [1.54, 1.807) is 6.92 Å². The van der Waals surface area contributed by atoms with Crippen LogP contribution in [0.2, 0.25) is 0 Å². The van der Waals surface area contributed by atoms with Crippen LogP contribution in [0.1, 0.15) is 6.92 Å². The Kier molecular flexibility index (Phi) is 9.65. The summed E-state index contributed by atoms with van der Waals surface area (Å²) in [5.74, 6) is 0. The van der Waals surface area contributed by atoms with Crippen molar-refractivity contribution in [2.45, 2.75) is 13.0 Å². The number of aliphatic hydroxyl groups is 1. The molecule has 0 radical (unpaired) electrons. The average molecular weight is 126 g/mol. The lowest BCUT2D eigenvalue weighted by Crippen LogP contribution is -1.97. The Hall–Kier alpha value is 0.820. The third kappa shape index (κ3) is 8.84. The highest BCUT2D eigenvalue weighted by molar-refractivity contribution is 7.16. The number of aliphatic hydroxyl groups excluding tert-OH is 1. The summed E-state index contributed by atoms with van der Waals surface area (Å²) in [6, 6.07) is 0. The third-order valence-electron chi connectivity index (χ3n) is 0.341. The summed E-state index contributed by atoms with van der Waals surface area (Å²) < 4.78 is 0. The van der Waals surface area contributed by atoms with Gasteiger partial charge in [0.25, 0.3) is 0 Å². The van der Waals surface area contributed by atoms with Crippen LogP contribution in [0.4, 0.5) is 0 Å². The van der Waals surface area contributed by atoms with Gasteiger partial charge >= 0.3 is 0 Å². The van der Waals surface area contributed by atoms with Crippen LogP contribution in [-0.4, -0.2) is 17.4 Å². The van der Waals surface area contributed by atoms with Gasteiger partial charge in [0.2, 0.25) is 0 Å². The van der Waals surface area contributed by atoms with E-state index < -0.39 is 0 Å². The van der Waals surface area contributed by atoms with Crippen molar-refractivity contribution in [2.75, 3.05) is 6.16 Å². The smallest absolute Gasteiger partial charge is 0.0546 e. The molecule has 3 unspecified atom stereocenters. The average Bonchev–Trinajstić information content (AvgIpc) is 1.38. The summed E-state index contributed by atoms with van der Waals surface area (Å²) in [6.45, 7) is 1.76. The molecule has 3 heteroatoms. The summed E-state index contributed by atoms with van der Waals surface area (Å²) in [6.07, 6.45) is 0.625. The van der Waals surface area contributed by atoms with Crippen molar-refractivity contribution in [3.8, 4) is 0 Å². The highest BCUT2D eigenvalue weighted by Gasteiger charge is 1.81. The van der Waals surface area contributed by atoms with Crippen molar-refractivity contribution < 1.29 is 5.11 Å². The van der Waals surface area contributed by atoms with Gasteiger partial charge in [0, 0.05) is 0 Å². The lowest BCUT2D eigenvalue weighted by molar-refractivity contribution is 0.220. The Bertz CT molecular complexity index is 22.8. The predicted octanol–water partition coefficient (Wildman–Crippen LogP) is 0.300. The van der Waals surface area contributed by atoms with Gasteiger partial charge in [-0.05, 0) is 13.1 Å². The van der Waals surface area contributed by atoms with E-state index in [-0.39, 0.29) is 16.0 Å². The van der Waals surface area contributed by atoms with Crippen LogP contribution >= 0.6 is 19.1 Å². The van der Waals surface area contributed by atoms with Crippen molar-refractivity contribution >= 4 is 19.1 Å². The molecule has 0 rings (SSSR count). The molecule has 0 aliphatic heterocycles. The van der Waals surface area contributed by atoms with E-state index >= 15 is 0 Å². The fourth-order valence-electron chi connectivity index (χ4n) is 0. The standard InChI is InChI=1S/C3H9OP.H3P/c1-3(4)2-5;/h3-4H,2,5H2,1H3;1H3. The Morgan fingerprint density at radius 3 is 2.00 bits per heavy atom. The van der Waals surface area contributed by atoms with Crippen LogP contribution < -0.4 is 0 Å². The molecule has 0 amide bonds. The van der Waals surface area contributed by atoms with Gasteiger partial charge in [-0.15, -0.1) is 9.24 Å². The zero-order valence-electron chi connectivity index (χ0n) is 4.02. The monoisotopic (exact) mass is 126 g/mol. The number of hydrogen-bond donors (Lipinski definition) is 1. The molecule has 0 aliphatic carbocycles. The number of rotatable bonds is 1. The first-order valence-electron chi connectivity index (χ1n) is 1.65. The van der Waals surface area contributed by atoms with E-state index in [1.165, 1.54) is 0 Å². The first-order chi connectivity index (χ1) is 2.27. The van der Waals surface area contributed by atoms with E-state index in [1.807, 2.05) is 0 Å². The normalized spacial score (nSPS) is 12.5. The van der Waals surface area contributed by atoms with Gasteiger partial charge in [-0.3, -0.25) is 0 Å². The van der Waals surface area contributed by atoms with Gasteiger partial charge in [0.05, 0.1) is 6.10 Å². The molecule has 0 saturated heterocycles. The van der Waals surface area contributed by atoms with Crippen molar-refractivity contribution in [1.29, 1.82) is 0 Å². The topological polar surface area (TPSA) is 20.2 Å². The molecule has 0 aromatic carbocycles. The summed E-state index contributed by atoms with van der Waals surface area (Å²) in [5.41, 5.74) is 0. The second kappa shape index (κ2) is 5.82. The van der Waals surface area contributed by atoms with E-state index in [0.29, 0.717) is 0 Å². The maximum atomic E-state index is 8.34. The summed E-state index contributed by atoms with van der Waals surface area (Å²) in [4.78, 5) is 0. The second-order valence-electron chi connectivity index (χ2n) is 1.08.